The summed E-state index contributed by atoms with van der Waals surface area (Å²) in [5, 5.41) is 14.4. The maximum atomic E-state index is 14.7. The fourth-order valence-electron chi connectivity index (χ4n) is 11.5. The fourth-order valence-corrected chi connectivity index (χ4v) is 11.5. The minimum atomic E-state index is -0.800. The monoisotopic (exact) mass is 735 g/mol. The molecule has 6 heteroatoms. The van der Waals surface area contributed by atoms with Crippen LogP contribution in [0, 0.1) is 35.0 Å². The van der Waals surface area contributed by atoms with E-state index in [2.05, 4.69) is 72.9 Å². The number of cyclic esters (lactones) is 2. The van der Waals surface area contributed by atoms with Crippen molar-refractivity contribution in [2.45, 2.75) is 90.5 Å². The molecule has 2 aliphatic heterocycles. The Labute approximate surface area is 325 Å². The molecule has 1 saturated heterocycles. The highest BCUT2D eigenvalue weighted by molar-refractivity contribution is 6.07. The number of esters is 2. The van der Waals surface area contributed by atoms with Gasteiger partial charge in [-0.15, -0.1) is 0 Å². The highest BCUT2D eigenvalue weighted by atomic mass is 16.5. The Morgan fingerprint density at radius 2 is 1.71 bits per heavy atom. The number of fused-ring (bicyclic) bond motifs is 1. The van der Waals surface area contributed by atoms with Crippen molar-refractivity contribution in [1.29, 1.82) is 0 Å². The van der Waals surface area contributed by atoms with E-state index in [-0.39, 0.29) is 41.4 Å². The number of aromatic hydroxyl groups is 1. The van der Waals surface area contributed by atoms with Crippen molar-refractivity contribution < 1.29 is 24.2 Å². The van der Waals surface area contributed by atoms with Crippen LogP contribution in [0.4, 0.5) is 0 Å². The summed E-state index contributed by atoms with van der Waals surface area (Å²) in [5.41, 5.74) is 8.03. The molecule has 1 spiro atoms. The van der Waals surface area contributed by atoms with Crippen LogP contribution in [0.3, 0.4) is 0 Å². The number of allylic oxidation sites excluding steroid dienone is 5. The van der Waals surface area contributed by atoms with E-state index in [1.165, 1.54) is 31.2 Å². The summed E-state index contributed by atoms with van der Waals surface area (Å²) in [5.74, 6) is 1.91. The average Bonchev–Trinajstić information content (AvgIpc) is 3.92. The third-order valence-corrected chi connectivity index (χ3v) is 13.9. The zero-order chi connectivity index (χ0) is 37.7. The fraction of sp³-hybridized carbons (Fsp3) is 0.429. The number of carbonyl (C=O) groups is 2. The minimum absolute atomic E-state index is 0.0263. The molecule has 284 valence electrons. The van der Waals surface area contributed by atoms with Gasteiger partial charge in [-0.05, 0) is 146 Å². The summed E-state index contributed by atoms with van der Waals surface area (Å²) in [6, 6.07) is 24.6. The molecule has 7 aliphatic rings. The van der Waals surface area contributed by atoms with Crippen LogP contribution in [0.5, 0.6) is 5.75 Å². The van der Waals surface area contributed by atoms with Crippen LogP contribution in [0.1, 0.15) is 94.2 Å². The Hall–Kier alpha value is -4.68. The van der Waals surface area contributed by atoms with Gasteiger partial charge in [-0.2, -0.15) is 0 Å². The lowest BCUT2D eigenvalue weighted by atomic mass is 9.44. The Morgan fingerprint density at radius 1 is 0.891 bits per heavy atom. The molecule has 2 N–H and O–H groups in total. The first-order chi connectivity index (χ1) is 26.9. The number of carbonyl (C=O) groups excluding carboxylic acids is 2. The minimum Gasteiger partial charge on any atom is -0.508 e. The topological polar surface area (TPSA) is 84.9 Å². The highest BCUT2D eigenvalue weighted by Crippen LogP contribution is 2.72. The third kappa shape index (κ3) is 6.21. The number of phenolic OH excluding ortho intramolecular Hbond substituents is 1. The molecule has 0 unspecified atom stereocenters. The van der Waals surface area contributed by atoms with Gasteiger partial charge in [0.1, 0.15) is 17.3 Å². The molecule has 10 rings (SSSR count). The van der Waals surface area contributed by atoms with Crippen LogP contribution in [0.25, 0.3) is 16.7 Å². The van der Waals surface area contributed by atoms with Crippen LogP contribution in [-0.2, 0) is 32.0 Å². The normalized spacial score (nSPS) is 27.8. The van der Waals surface area contributed by atoms with Crippen molar-refractivity contribution in [3.8, 4) is 16.9 Å². The van der Waals surface area contributed by atoms with Crippen molar-refractivity contribution in [3.63, 3.8) is 0 Å². The van der Waals surface area contributed by atoms with Gasteiger partial charge in [0.25, 0.3) is 0 Å². The second-order valence-electron chi connectivity index (χ2n) is 16.9. The third-order valence-electron chi connectivity index (χ3n) is 13.9. The molecule has 55 heavy (non-hydrogen) atoms. The lowest BCUT2D eigenvalue weighted by Gasteiger charge is -2.56. The molecule has 5 aliphatic carbocycles. The van der Waals surface area contributed by atoms with E-state index in [1.807, 2.05) is 25.2 Å². The van der Waals surface area contributed by atoms with Crippen molar-refractivity contribution >= 4 is 17.5 Å². The first kappa shape index (κ1) is 36.0. The van der Waals surface area contributed by atoms with E-state index in [0.29, 0.717) is 11.3 Å². The summed E-state index contributed by atoms with van der Waals surface area (Å²) in [6.07, 6.45) is 16.7. The van der Waals surface area contributed by atoms with Gasteiger partial charge in [0.05, 0.1) is 11.0 Å². The molecule has 0 aromatic heterocycles. The first-order valence-corrected chi connectivity index (χ1v) is 20.9. The predicted molar refractivity (Wildman–Crippen MR) is 215 cm³/mol. The lowest BCUT2D eigenvalue weighted by molar-refractivity contribution is -0.135. The molecule has 0 amide bonds. The van der Waals surface area contributed by atoms with E-state index in [1.54, 1.807) is 6.07 Å². The predicted octanol–water partition coefficient (Wildman–Crippen LogP) is 10.4. The van der Waals surface area contributed by atoms with Crippen LogP contribution in [-0.4, -0.2) is 24.1 Å². The van der Waals surface area contributed by atoms with Crippen LogP contribution < -0.4 is 5.32 Å². The maximum absolute atomic E-state index is 14.7. The van der Waals surface area contributed by atoms with Gasteiger partial charge in [-0.3, -0.25) is 0 Å². The van der Waals surface area contributed by atoms with Gasteiger partial charge in [0.15, 0.2) is 0 Å². The second kappa shape index (κ2) is 14.8. The van der Waals surface area contributed by atoms with E-state index in [0.717, 1.165) is 109 Å². The van der Waals surface area contributed by atoms with Crippen molar-refractivity contribution in [2.24, 2.45) is 35.0 Å². The van der Waals surface area contributed by atoms with E-state index in [9.17, 15) is 14.7 Å². The number of benzene rings is 3. The zero-order valence-corrected chi connectivity index (χ0v) is 32.2. The molecule has 3 aromatic carbocycles. The molecule has 0 radical (unpaired) electrons. The van der Waals surface area contributed by atoms with Crippen molar-refractivity contribution in [1.82, 2.24) is 5.32 Å². The SMILES string of the molecule is CC[C@H](/C=C1\OC(=O)C2=C(c3cc(O)ccc3-c3cccc(CNC)c3)[C@@H]3CC[C@@]21[C@H]1C2=C(CC[C@@H]31)C(=CCCC1CCCC1)OC2=O)Cc1ccccc1. The number of hydrogen-bond acceptors (Lipinski definition) is 6. The van der Waals surface area contributed by atoms with Gasteiger partial charge in [0, 0.05) is 23.6 Å². The molecule has 2 bridgehead atoms. The Balaban J connectivity index is 1.22. The number of phenols is 1. The summed E-state index contributed by atoms with van der Waals surface area (Å²) in [7, 11) is 1.94. The van der Waals surface area contributed by atoms with E-state index < -0.39 is 5.41 Å². The number of nitrogens with one attached hydrogen (secondary N) is 1. The smallest absolute Gasteiger partial charge is 0.340 e. The summed E-state index contributed by atoms with van der Waals surface area (Å²) in [4.78, 5) is 29.0. The highest BCUT2D eigenvalue weighted by Gasteiger charge is 2.68. The standard InChI is InChI=1S/C49H53NO5/c1-3-30(25-32-13-5-4-6-14-32)27-42-49-24-23-37(38-21-22-39-41(54-47(52)44(39)45(38)49)18-10-15-31-11-7-8-12-31)43(46(49)48(53)55-42)40-28-35(51)19-20-36(40)34-17-9-16-33(26-34)29-50-2/h4-6,9,13-14,16-20,26-28,30-31,37-38,45,50-51H,3,7-8,10-12,15,21-25,29H2,1-2H3/b41-18?,42-27-/t30-,37+,38-,45+,49+/m0/s1. The Morgan fingerprint density at radius 3 is 2.51 bits per heavy atom. The van der Waals surface area contributed by atoms with Crippen LogP contribution in [0.2, 0.25) is 0 Å². The second-order valence-corrected chi connectivity index (χ2v) is 16.9. The van der Waals surface area contributed by atoms with Crippen LogP contribution in [0.15, 0.2) is 113 Å². The molecule has 6 nitrogen and oxygen atoms in total. The van der Waals surface area contributed by atoms with Gasteiger partial charge < -0.3 is 19.9 Å². The zero-order valence-electron chi connectivity index (χ0n) is 32.2. The van der Waals surface area contributed by atoms with E-state index >= 15 is 0 Å². The average molecular weight is 736 g/mol. The first-order valence-electron chi connectivity index (χ1n) is 20.9. The lowest BCUT2D eigenvalue weighted by Crippen LogP contribution is -2.52. The summed E-state index contributed by atoms with van der Waals surface area (Å²) in [6.45, 7) is 2.93. The number of rotatable bonds is 11. The molecule has 2 saturated carbocycles. The molecular weight excluding hydrogens is 683 g/mol. The molecule has 3 fully saturated rings. The van der Waals surface area contributed by atoms with Gasteiger partial charge in [-0.25, -0.2) is 9.59 Å². The Kier molecular flexibility index (Phi) is 9.66. The van der Waals surface area contributed by atoms with Crippen molar-refractivity contribution in [2.75, 3.05) is 7.05 Å². The largest absolute Gasteiger partial charge is 0.508 e. The maximum Gasteiger partial charge on any atom is 0.340 e. The van der Waals surface area contributed by atoms with Crippen molar-refractivity contribution in [3.05, 3.63) is 130 Å². The Bertz CT molecular complexity index is 2130. The summed E-state index contributed by atoms with van der Waals surface area (Å²) < 4.78 is 12.8. The summed E-state index contributed by atoms with van der Waals surface area (Å²) >= 11 is 0. The molecule has 5 atom stereocenters. The van der Waals surface area contributed by atoms with Gasteiger partial charge in [0.2, 0.25) is 0 Å². The molecule has 3 aromatic rings. The van der Waals surface area contributed by atoms with Crippen LogP contribution >= 0.6 is 0 Å². The van der Waals surface area contributed by atoms with Gasteiger partial charge >= 0.3 is 11.9 Å². The molecular formula is C49H53NO5. The van der Waals surface area contributed by atoms with E-state index in [4.69, 9.17) is 9.47 Å². The van der Waals surface area contributed by atoms with Gasteiger partial charge in [-0.1, -0.05) is 87.2 Å². The quantitative estimate of drug-likeness (QED) is 0.191. The molecule has 2 heterocycles. The number of hydrogen-bond donors (Lipinski definition) is 2. The number of ether oxygens (including phenoxy) is 2.